The molecule has 1 unspecified atom stereocenters. The highest BCUT2D eigenvalue weighted by atomic mass is 35.5. The van der Waals surface area contributed by atoms with Gasteiger partial charge in [0.05, 0.1) is 11.8 Å². The summed E-state index contributed by atoms with van der Waals surface area (Å²) in [5, 5.41) is 4.10. The number of hydrogen-bond donors (Lipinski definition) is 2. The minimum absolute atomic E-state index is 0.0869. The Hall–Kier alpha value is -1.79. The van der Waals surface area contributed by atoms with E-state index in [1.807, 2.05) is 26.0 Å². The molecule has 0 fully saturated rings. The summed E-state index contributed by atoms with van der Waals surface area (Å²) in [5.74, 6) is 0.557. The molecule has 1 atom stereocenters. The molecule has 0 saturated heterocycles. The quantitative estimate of drug-likeness (QED) is 0.648. The molecule has 1 aromatic carbocycles. The summed E-state index contributed by atoms with van der Waals surface area (Å²) >= 11 is 7.11. The van der Waals surface area contributed by atoms with Gasteiger partial charge in [0.25, 0.3) is 0 Å². The van der Waals surface area contributed by atoms with E-state index in [4.69, 9.17) is 17.3 Å². The van der Waals surface area contributed by atoms with E-state index < -0.39 is 0 Å². The van der Waals surface area contributed by atoms with Gasteiger partial charge in [-0.05, 0) is 31.5 Å². The number of rotatable bonds is 5. The molecule has 1 aromatic heterocycles. The largest absolute Gasteiger partial charge is 0.384 e. The molecule has 116 valence electrons. The Morgan fingerprint density at radius 2 is 2.05 bits per heavy atom. The fourth-order valence-corrected chi connectivity index (χ4v) is 2.73. The molecule has 2 rings (SSSR count). The van der Waals surface area contributed by atoms with Crippen LogP contribution in [0, 0.1) is 6.92 Å². The molecule has 2 aromatic rings. The number of thioether (sulfide) groups is 1. The van der Waals surface area contributed by atoms with E-state index in [1.54, 1.807) is 18.2 Å². The van der Waals surface area contributed by atoms with Gasteiger partial charge in [-0.25, -0.2) is 9.97 Å². The van der Waals surface area contributed by atoms with E-state index in [0.29, 0.717) is 16.0 Å². The van der Waals surface area contributed by atoms with Gasteiger partial charge in [0.1, 0.15) is 5.82 Å². The molecule has 1 heterocycles. The van der Waals surface area contributed by atoms with E-state index in [0.717, 1.165) is 11.3 Å². The van der Waals surface area contributed by atoms with Crippen LogP contribution in [0.15, 0.2) is 35.5 Å². The first-order valence-electron chi connectivity index (χ1n) is 6.73. The lowest BCUT2D eigenvalue weighted by Crippen LogP contribution is -2.28. The number of nitrogens with two attached hydrogens (primary N) is 1. The average molecular weight is 337 g/mol. The summed E-state index contributed by atoms with van der Waals surface area (Å²) in [6.45, 7) is 3.76. The molecule has 3 N–H and O–H groups in total. The highest BCUT2D eigenvalue weighted by molar-refractivity contribution is 7.99. The van der Waals surface area contributed by atoms with Gasteiger partial charge < -0.3 is 11.1 Å². The third-order valence-corrected chi connectivity index (χ3v) is 4.03. The van der Waals surface area contributed by atoms with Gasteiger partial charge in [0.2, 0.25) is 5.91 Å². The highest BCUT2D eigenvalue weighted by Crippen LogP contribution is 2.18. The molecule has 0 saturated carbocycles. The van der Waals surface area contributed by atoms with Crippen molar-refractivity contribution in [2.45, 2.75) is 25.0 Å². The fourth-order valence-electron chi connectivity index (χ4n) is 1.88. The topological polar surface area (TPSA) is 80.9 Å². The maximum atomic E-state index is 12.0. The molecule has 0 aliphatic rings. The minimum atomic E-state index is -0.0890. The zero-order chi connectivity index (χ0) is 16.1. The van der Waals surface area contributed by atoms with Crippen molar-refractivity contribution < 1.29 is 4.79 Å². The van der Waals surface area contributed by atoms with Gasteiger partial charge in [-0.2, -0.15) is 0 Å². The van der Waals surface area contributed by atoms with Crippen molar-refractivity contribution in [1.29, 1.82) is 0 Å². The van der Waals surface area contributed by atoms with Crippen molar-refractivity contribution in [1.82, 2.24) is 15.3 Å². The van der Waals surface area contributed by atoms with E-state index in [2.05, 4.69) is 15.3 Å². The predicted molar refractivity (Wildman–Crippen MR) is 89.9 cm³/mol. The molecule has 1 amide bonds. The van der Waals surface area contributed by atoms with Crippen LogP contribution in [0.25, 0.3) is 0 Å². The van der Waals surface area contributed by atoms with Crippen LogP contribution in [0.4, 0.5) is 5.82 Å². The highest BCUT2D eigenvalue weighted by Gasteiger charge is 2.11. The number of hydrogen-bond acceptors (Lipinski definition) is 5. The van der Waals surface area contributed by atoms with Crippen molar-refractivity contribution in [3.63, 3.8) is 0 Å². The number of nitrogen functional groups attached to an aromatic ring is 1. The Morgan fingerprint density at radius 3 is 2.68 bits per heavy atom. The SMILES string of the molecule is Cc1cc(N)nc(SCC(=O)NC(C)c2ccc(Cl)cc2)n1. The summed E-state index contributed by atoms with van der Waals surface area (Å²) in [5.41, 5.74) is 7.44. The van der Waals surface area contributed by atoms with Crippen LogP contribution in [-0.2, 0) is 4.79 Å². The zero-order valence-corrected chi connectivity index (χ0v) is 13.9. The van der Waals surface area contributed by atoms with Crippen LogP contribution in [0.2, 0.25) is 5.02 Å². The molecule has 7 heteroatoms. The lowest BCUT2D eigenvalue weighted by atomic mass is 10.1. The van der Waals surface area contributed by atoms with E-state index in [1.165, 1.54) is 11.8 Å². The fraction of sp³-hybridized carbons (Fsp3) is 0.267. The molecule has 0 radical (unpaired) electrons. The normalized spacial score (nSPS) is 12.0. The monoisotopic (exact) mass is 336 g/mol. The summed E-state index contributed by atoms with van der Waals surface area (Å²) in [6.07, 6.45) is 0. The number of amides is 1. The van der Waals surface area contributed by atoms with Crippen LogP contribution >= 0.6 is 23.4 Å². The summed E-state index contributed by atoms with van der Waals surface area (Å²) < 4.78 is 0. The second-order valence-corrected chi connectivity index (χ2v) is 6.23. The maximum absolute atomic E-state index is 12.0. The Morgan fingerprint density at radius 1 is 1.36 bits per heavy atom. The molecule has 0 bridgehead atoms. The summed E-state index contributed by atoms with van der Waals surface area (Å²) in [6, 6.07) is 8.99. The molecule has 0 aliphatic carbocycles. The van der Waals surface area contributed by atoms with Crippen molar-refractivity contribution >= 4 is 35.1 Å². The van der Waals surface area contributed by atoms with Gasteiger partial charge >= 0.3 is 0 Å². The van der Waals surface area contributed by atoms with Crippen molar-refractivity contribution in [2.24, 2.45) is 0 Å². The Labute approximate surface area is 138 Å². The first-order valence-corrected chi connectivity index (χ1v) is 8.09. The summed E-state index contributed by atoms with van der Waals surface area (Å²) in [7, 11) is 0. The van der Waals surface area contributed by atoms with Gasteiger partial charge in [-0.3, -0.25) is 4.79 Å². The van der Waals surface area contributed by atoms with Crippen LogP contribution in [-0.4, -0.2) is 21.6 Å². The first kappa shape index (κ1) is 16.6. The summed E-state index contributed by atoms with van der Waals surface area (Å²) in [4.78, 5) is 20.3. The number of aromatic nitrogens is 2. The second-order valence-electron chi connectivity index (χ2n) is 4.85. The third kappa shape index (κ3) is 4.89. The molecular formula is C15H17ClN4OS. The van der Waals surface area contributed by atoms with E-state index >= 15 is 0 Å². The van der Waals surface area contributed by atoms with Crippen molar-refractivity contribution in [2.75, 3.05) is 11.5 Å². The first-order chi connectivity index (χ1) is 10.4. The van der Waals surface area contributed by atoms with Crippen LogP contribution < -0.4 is 11.1 Å². The van der Waals surface area contributed by atoms with Crippen LogP contribution in [0.1, 0.15) is 24.2 Å². The molecule has 22 heavy (non-hydrogen) atoms. The minimum Gasteiger partial charge on any atom is -0.384 e. The predicted octanol–water partition coefficient (Wildman–Crippen LogP) is 2.99. The number of aryl methyl sites for hydroxylation is 1. The van der Waals surface area contributed by atoms with Crippen molar-refractivity contribution in [3.8, 4) is 0 Å². The molecule has 0 aliphatic heterocycles. The molecule has 5 nitrogen and oxygen atoms in total. The maximum Gasteiger partial charge on any atom is 0.230 e. The molecular weight excluding hydrogens is 320 g/mol. The Balaban J connectivity index is 1.88. The van der Waals surface area contributed by atoms with Gasteiger partial charge in [-0.15, -0.1) is 0 Å². The number of carbonyl (C=O) groups excluding carboxylic acids is 1. The third-order valence-electron chi connectivity index (χ3n) is 2.93. The van der Waals surface area contributed by atoms with Gasteiger partial charge in [0, 0.05) is 16.8 Å². The Kier molecular flexibility index (Phi) is 5.63. The number of benzene rings is 1. The number of halogens is 1. The van der Waals surface area contributed by atoms with E-state index in [9.17, 15) is 4.79 Å². The van der Waals surface area contributed by atoms with Crippen LogP contribution in [0.3, 0.4) is 0 Å². The van der Waals surface area contributed by atoms with Crippen LogP contribution in [0.5, 0.6) is 0 Å². The molecule has 0 spiro atoms. The second kappa shape index (κ2) is 7.47. The van der Waals surface area contributed by atoms with Gasteiger partial charge in [0.15, 0.2) is 5.16 Å². The average Bonchev–Trinajstić information content (AvgIpc) is 2.45. The van der Waals surface area contributed by atoms with Crippen molar-refractivity contribution in [3.05, 3.63) is 46.6 Å². The number of carbonyl (C=O) groups is 1. The number of anilines is 1. The zero-order valence-electron chi connectivity index (χ0n) is 12.3. The Bertz CT molecular complexity index is 643. The standard InChI is InChI=1S/C15H17ClN4OS/c1-9-7-13(17)20-15(18-9)22-8-14(21)19-10(2)11-3-5-12(16)6-4-11/h3-7,10H,8H2,1-2H3,(H,19,21)(H2,17,18,20). The lowest BCUT2D eigenvalue weighted by Gasteiger charge is -2.14. The smallest absolute Gasteiger partial charge is 0.230 e. The lowest BCUT2D eigenvalue weighted by molar-refractivity contribution is -0.119. The number of nitrogens with zero attached hydrogens (tertiary/aromatic N) is 2. The van der Waals surface area contributed by atoms with Gasteiger partial charge in [-0.1, -0.05) is 35.5 Å². The van der Waals surface area contributed by atoms with E-state index in [-0.39, 0.29) is 17.7 Å². The number of nitrogens with one attached hydrogen (secondary N) is 1.